The van der Waals surface area contributed by atoms with Gasteiger partial charge >= 0.3 is 11.9 Å². The summed E-state index contributed by atoms with van der Waals surface area (Å²) in [7, 11) is 2.79. The molecule has 1 amide bonds. The number of methoxy groups -OCH3 is 2. The molecule has 2 N–H and O–H groups in total. The molecule has 0 bridgehead atoms. The molecule has 0 rings (SSSR count). The van der Waals surface area contributed by atoms with Crippen LogP contribution in [0.4, 0.5) is 0 Å². The summed E-state index contributed by atoms with van der Waals surface area (Å²) >= 11 is 1.35. The second-order valence-electron chi connectivity index (χ2n) is 3.62. The SMILES string of the molecule is COCCSCC(=O)N[C@@H](CCC(=O)OC)C(=O)O. The molecule has 0 aromatic rings. The van der Waals surface area contributed by atoms with Crippen molar-refractivity contribution in [2.24, 2.45) is 0 Å². The minimum Gasteiger partial charge on any atom is -0.480 e. The summed E-state index contributed by atoms with van der Waals surface area (Å²) in [6.45, 7) is 0.530. The van der Waals surface area contributed by atoms with E-state index in [9.17, 15) is 14.4 Å². The van der Waals surface area contributed by atoms with E-state index in [-0.39, 0.29) is 24.5 Å². The molecule has 110 valence electrons. The van der Waals surface area contributed by atoms with Gasteiger partial charge in [0.25, 0.3) is 0 Å². The van der Waals surface area contributed by atoms with Crippen LogP contribution in [0.5, 0.6) is 0 Å². The molecule has 0 aliphatic rings. The standard InChI is InChI=1S/C11H19NO6S/c1-17-5-6-19-7-9(13)12-8(11(15)16)3-4-10(14)18-2/h8H,3-7H2,1-2H3,(H,12,13)(H,15,16)/t8-/m0/s1. The van der Waals surface area contributed by atoms with Crippen LogP contribution in [0, 0.1) is 0 Å². The number of thioether (sulfide) groups is 1. The maximum Gasteiger partial charge on any atom is 0.326 e. The van der Waals surface area contributed by atoms with Gasteiger partial charge in [-0.2, -0.15) is 0 Å². The Hall–Kier alpha value is -1.28. The first kappa shape index (κ1) is 17.7. The molecule has 19 heavy (non-hydrogen) atoms. The third-order valence-corrected chi connectivity index (χ3v) is 3.08. The van der Waals surface area contributed by atoms with Crippen LogP contribution in [0.3, 0.4) is 0 Å². The third kappa shape index (κ3) is 9.32. The van der Waals surface area contributed by atoms with Crippen molar-refractivity contribution in [1.29, 1.82) is 0 Å². The summed E-state index contributed by atoms with van der Waals surface area (Å²) in [5.41, 5.74) is 0. The Morgan fingerprint density at radius 1 is 1.32 bits per heavy atom. The van der Waals surface area contributed by atoms with E-state index < -0.39 is 18.0 Å². The molecule has 0 heterocycles. The normalized spacial score (nSPS) is 11.7. The van der Waals surface area contributed by atoms with Crippen LogP contribution >= 0.6 is 11.8 Å². The van der Waals surface area contributed by atoms with Gasteiger partial charge in [-0.3, -0.25) is 9.59 Å². The monoisotopic (exact) mass is 293 g/mol. The molecule has 0 aliphatic heterocycles. The molecule has 0 saturated heterocycles. The molecule has 0 saturated carbocycles. The number of rotatable bonds is 10. The Balaban J connectivity index is 4.01. The molecule has 0 radical (unpaired) electrons. The largest absolute Gasteiger partial charge is 0.480 e. The van der Waals surface area contributed by atoms with Crippen molar-refractivity contribution in [1.82, 2.24) is 5.32 Å². The summed E-state index contributed by atoms with van der Waals surface area (Å²) in [5, 5.41) is 11.3. The molecule has 8 heteroatoms. The third-order valence-electron chi connectivity index (χ3n) is 2.16. The Labute approximate surface area is 116 Å². The smallest absolute Gasteiger partial charge is 0.326 e. The molecular formula is C11H19NO6S. The maximum absolute atomic E-state index is 11.5. The van der Waals surface area contributed by atoms with Crippen LogP contribution in [0.25, 0.3) is 0 Å². The number of carbonyl (C=O) groups is 3. The summed E-state index contributed by atoms with van der Waals surface area (Å²) in [5.74, 6) is -1.23. The number of carboxylic acids is 1. The van der Waals surface area contributed by atoms with E-state index in [2.05, 4.69) is 10.1 Å². The van der Waals surface area contributed by atoms with Gasteiger partial charge in [0.05, 0.1) is 19.5 Å². The lowest BCUT2D eigenvalue weighted by Gasteiger charge is -2.13. The lowest BCUT2D eigenvalue weighted by molar-refractivity contribution is -0.143. The lowest BCUT2D eigenvalue weighted by atomic mass is 10.1. The van der Waals surface area contributed by atoms with Crippen molar-refractivity contribution < 1.29 is 29.0 Å². The van der Waals surface area contributed by atoms with Crippen LogP contribution in [0.1, 0.15) is 12.8 Å². The van der Waals surface area contributed by atoms with Gasteiger partial charge in [0.15, 0.2) is 0 Å². The maximum atomic E-state index is 11.5. The number of amides is 1. The topological polar surface area (TPSA) is 102 Å². The number of aliphatic carboxylic acids is 1. The number of ether oxygens (including phenoxy) is 2. The van der Waals surface area contributed by atoms with Crippen LogP contribution in [0.2, 0.25) is 0 Å². The molecule has 1 atom stereocenters. The minimum atomic E-state index is -1.17. The first-order chi connectivity index (χ1) is 9.01. The van der Waals surface area contributed by atoms with Crippen molar-refractivity contribution in [2.75, 3.05) is 32.3 Å². The predicted molar refractivity (Wildman–Crippen MR) is 70.0 cm³/mol. The van der Waals surface area contributed by atoms with Gasteiger partial charge in [0.1, 0.15) is 6.04 Å². The van der Waals surface area contributed by atoms with Gasteiger partial charge in [0.2, 0.25) is 5.91 Å². The molecule has 7 nitrogen and oxygen atoms in total. The molecule has 0 spiro atoms. The summed E-state index contributed by atoms with van der Waals surface area (Å²) in [4.78, 5) is 33.3. The van der Waals surface area contributed by atoms with Crippen LogP contribution in [0.15, 0.2) is 0 Å². The van der Waals surface area contributed by atoms with Crippen LogP contribution in [-0.4, -0.2) is 61.3 Å². The average molecular weight is 293 g/mol. The van der Waals surface area contributed by atoms with Gasteiger partial charge in [0, 0.05) is 19.3 Å². The minimum absolute atomic E-state index is 0.0104. The van der Waals surface area contributed by atoms with Crippen molar-refractivity contribution in [3.63, 3.8) is 0 Å². The van der Waals surface area contributed by atoms with Gasteiger partial charge in [-0.1, -0.05) is 0 Å². The van der Waals surface area contributed by atoms with Crippen LogP contribution < -0.4 is 5.32 Å². The molecule has 0 aromatic carbocycles. The molecular weight excluding hydrogens is 274 g/mol. The zero-order valence-corrected chi connectivity index (χ0v) is 11.8. The van der Waals surface area contributed by atoms with E-state index in [0.717, 1.165) is 0 Å². The summed E-state index contributed by atoms with van der Waals surface area (Å²) in [6.07, 6.45) is -0.0406. The highest BCUT2D eigenvalue weighted by molar-refractivity contribution is 7.99. The van der Waals surface area contributed by atoms with Gasteiger partial charge in [-0.05, 0) is 6.42 Å². The quantitative estimate of drug-likeness (QED) is 0.428. The fraction of sp³-hybridized carbons (Fsp3) is 0.727. The van der Waals surface area contributed by atoms with E-state index in [4.69, 9.17) is 9.84 Å². The number of esters is 1. The predicted octanol–water partition coefficient (Wildman–Crippen LogP) is -0.111. The summed E-state index contributed by atoms with van der Waals surface area (Å²) in [6, 6.07) is -1.07. The highest BCUT2D eigenvalue weighted by atomic mass is 32.2. The molecule has 0 aromatic heterocycles. The van der Waals surface area contributed by atoms with E-state index in [1.54, 1.807) is 7.11 Å². The van der Waals surface area contributed by atoms with Gasteiger partial charge < -0.3 is 19.9 Å². The number of nitrogens with one attached hydrogen (secondary N) is 1. The van der Waals surface area contributed by atoms with Crippen molar-refractivity contribution >= 4 is 29.6 Å². The Morgan fingerprint density at radius 3 is 2.53 bits per heavy atom. The highest BCUT2D eigenvalue weighted by Gasteiger charge is 2.20. The first-order valence-electron chi connectivity index (χ1n) is 5.67. The zero-order valence-electron chi connectivity index (χ0n) is 11.0. The second-order valence-corrected chi connectivity index (χ2v) is 4.72. The Morgan fingerprint density at radius 2 is 2.00 bits per heavy atom. The molecule has 0 unspecified atom stereocenters. The number of hydrogen-bond donors (Lipinski definition) is 2. The fourth-order valence-corrected chi connectivity index (χ4v) is 1.86. The number of carboxylic acid groups (broad SMARTS) is 1. The van der Waals surface area contributed by atoms with Crippen molar-refractivity contribution in [3.05, 3.63) is 0 Å². The lowest BCUT2D eigenvalue weighted by Crippen LogP contribution is -2.42. The number of carbonyl (C=O) groups excluding carboxylic acids is 2. The second kappa shape index (κ2) is 10.6. The summed E-state index contributed by atoms with van der Waals surface area (Å²) < 4.78 is 9.24. The zero-order chi connectivity index (χ0) is 14.7. The number of hydrogen-bond acceptors (Lipinski definition) is 6. The Bertz CT molecular complexity index is 310. The fourth-order valence-electron chi connectivity index (χ4n) is 1.16. The van der Waals surface area contributed by atoms with E-state index >= 15 is 0 Å². The van der Waals surface area contributed by atoms with E-state index in [1.165, 1.54) is 18.9 Å². The van der Waals surface area contributed by atoms with Gasteiger partial charge in [-0.25, -0.2) is 4.79 Å². The van der Waals surface area contributed by atoms with Gasteiger partial charge in [-0.15, -0.1) is 11.8 Å². The average Bonchev–Trinajstić information content (AvgIpc) is 2.38. The van der Waals surface area contributed by atoms with E-state index in [1.807, 2.05) is 0 Å². The van der Waals surface area contributed by atoms with Crippen molar-refractivity contribution in [3.8, 4) is 0 Å². The highest BCUT2D eigenvalue weighted by Crippen LogP contribution is 2.02. The van der Waals surface area contributed by atoms with Crippen LogP contribution in [-0.2, 0) is 23.9 Å². The molecule has 0 aliphatic carbocycles. The van der Waals surface area contributed by atoms with E-state index in [0.29, 0.717) is 12.4 Å². The van der Waals surface area contributed by atoms with Crippen molar-refractivity contribution in [2.45, 2.75) is 18.9 Å². The Kier molecular flexibility index (Phi) is 9.91. The molecule has 0 fully saturated rings. The first-order valence-corrected chi connectivity index (χ1v) is 6.82.